The fraction of sp³-hybridized carbons (Fsp3) is 0.538. The molecule has 0 heterocycles. The van der Waals surface area contributed by atoms with Crippen molar-refractivity contribution in [1.29, 1.82) is 0 Å². The molecule has 2 rings (SSSR count). The summed E-state index contributed by atoms with van der Waals surface area (Å²) in [5.74, 6) is -0.175. The molecule has 1 N–H and O–H groups in total. The molecule has 1 aliphatic rings. The third-order valence-corrected chi connectivity index (χ3v) is 3.23. The summed E-state index contributed by atoms with van der Waals surface area (Å²) in [6, 6.07) is 7.35. The van der Waals surface area contributed by atoms with Crippen molar-refractivity contribution in [2.24, 2.45) is 0 Å². The zero-order chi connectivity index (χ0) is 11.4. The molecule has 1 fully saturated rings. The van der Waals surface area contributed by atoms with Crippen LogP contribution in [0.4, 0.5) is 4.39 Å². The van der Waals surface area contributed by atoms with Crippen molar-refractivity contribution in [2.75, 3.05) is 7.05 Å². The average Bonchev–Trinajstić information content (AvgIpc) is 2.76. The molecule has 1 aromatic carbocycles. The Morgan fingerprint density at radius 1 is 1.38 bits per heavy atom. The maximum Gasteiger partial charge on any atom is 0.128 e. The lowest BCUT2D eigenvalue weighted by Crippen LogP contribution is -2.22. The van der Waals surface area contributed by atoms with Crippen LogP contribution >= 0.6 is 0 Å². The molecule has 2 nitrogen and oxygen atoms in total. The van der Waals surface area contributed by atoms with E-state index in [2.05, 4.69) is 5.32 Å². The molecule has 88 valence electrons. The largest absolute Gasteiger partial charge is 0.373 e. The van der Waals surface area contributed by atoms with Gasteiger partial charge in [-0.3, -0.25) is 0 Å². The summed E-state index contributed by atoms with van der Waals surface area (Å²) < 4.78 is 19.0. The summed E-state index contributed by atoms with van der Waals surface area (Å²) in [4.78, 5) is 0. The molecule has 0 radical (unpaired) electrons. The lowest BCUT2D eigenvalue weighted by molar-refractivity contribution is 0.0427. The van der Waals surface area contributed by atoms with Crippen LogP contribution in [0.1, 0.15) is 24.8 Å². The van der Waals surface area contributed by atoms with Crippen LogP contribution in [0.5, 0.6) is 0 Å². The first-order chi connectivity index (χ1) is 7.79. The maximum absolute atomic E-state index is 13.3. The van der Waals surface area contributed by atoms with Gasteiger partial charge >= 0.3 is 0 Å². The minimum absolute atomic E-state index is 0.175. The fourth-order valence-electron chi connectivity index (χ4n) is 2.18. The lowest BCUT2D eigenvalue weighted by Gasteiger charge is -2.12. The van der Waals surface area contributed by atoms with Crippen molar-refractivity contribution in [3.05, 3.63) is 35.6 Å². The minimum Gasteiger partial charge on any atom is -0.373 e. The molecule has 0 bridgehead atoms. The first kappa shape index (κ1) is 11.6. The molecule has 0 saturated heterocycles. The Morgan fingerprint density at radius 2 is 2.19 bits per heavy atom. The average molecular weight is 223 g/mol. The summed E-state index contributed by atoms with van der Waals surface area (Å²) >= 11 is 0. The van der Waals surface area contributed by atoms with Gasteiger partial charge in [0.1, 0.15) is 5.82 Å². The quantitative estimate of drug-likeness (QED) is 0.846. The second-order valence-electron chi connectivity index (χ2n) is 4.32. The van der Waals surface area contributed by atoms with E-state index in [0.29, 0.717) is 18.2 Å². The van der Waals surface area contributed by atoms with Crippen LogP contribution in [0.15, 0.2) is 24.3 Å². The van der Waals surface area contributed by atoms with Crippen molar-refractivity contribution in [3.8, 4) is 0 Å². The molecular formula is C13H18FNO. The molecule has 16 heavy (non-hydrogen) atoms. The summed E-state index contributed by atoms with van der Waals surface area (Å²) in [7, 11) is 1.98. The van der Waals surface area contributed by atoms with Gasteiger partial charge in [-0.2, -0.15) is 0 Å². The van der Waals surface area contributed by atoms with Gasteiger partial charge in [0.05, 0.1) is 12.7 Å². The predicted octanol–water partition coefficient (Wildman–Crippen LogP) is 2.48. The Kier molecular flexibility index (Phi) is 3.91. The van der Waals surface area contributed by atoms with E-state index < -0.39 is 0 Å². The Balaban J connectivity index is 1.82. The van der Waals surface area contributed by atoms with E-state index in [9.17, 15) is 4.39 Å². The lowest BCUT2D eigenvalue weighted by atomic mass is 10.2. The van der Waals surface area contributed by atoms with Gasteiger partial charge in [-0.1, -0.05) is 18.2 Å². The number of hydrogen-bond donors (Lipinski definition) is 1. The van der Waals surface area contributed by atoms with Gasteiger partial charge < -0.3 is 10.1 Å². The standard InChI is InChI=1S/C13H18FNO/c1-15-11-6-7-12(8-11)16-9-10-4-2-3-5-13(10)14/h2-5,11-12,15H,6-9H2,1H3. The van der Waals surface area contributed by atoms with E-state index in [-0.39, 0.29) is 11.9 Å². The van der Waals surface area contributed by atoms with Crippen LogP contribution in [-0.4, -0.2) is 19.2 Å². The fourth-order valence-corrected chi connectivity index (χ4v) is 2.18. The molecule has 1 aliphatic carbocycles. The van der Waals surface area contributed by atoms with Crippen LogP contribution in [0.2, 0.25) is 0 Å². The molecule has 2 unspecified atom stereocenters. The molecular weight excluding hydrogens is 205 g/mol. The van der Waals surface area contributed by atoms with Crippen LogP contribution in [-0.2, 0) is 11.3 Å². The van der Waals surface area contributed by atoms with E-state index in [1.165, 1.54) is 6.07 Å². The van der Waals surface area contributed by atoms with Crippen molar-refractivity contribution in [3.63, 3.8) is 0 Å². The van der Waals surface area contributed by atoms with E-state index in [1.54, 1.807) is 12.1 Å². The second kappa shape index (κ2) is 5.41. The van der Waals surface area contributed by atoms with Gasteiger partial charge in [-0.05, 0) is 32.4 Å². The maximum atomic E-state index is 13.3. The van der Waals surface area contributed by atoms with Gasteiger partial charge in [0.2, 0.25) is 0 Å². The number of ether oxygens (including phenoxy) is 1. The van der Waals surface area contributed by atoms with E-state index in [1.807, 2.05) is 13.1 Å². The molecule has 1 aromatic rings. The van der Waals surface area contributed by atoms with Crippen LogP contribution in [0.3, 0.4) is 0 Å². The molecule has 0 aliphatic heterocycles. The molecule has 1 saturated carbocycles. The zero-order valence-corrected chi connectivity index (χ0v) is 9.58. The highest BCUT2D eigenvalue weighted by molar-refractivity contribution is 5.16. The van der Waals surface area contributed by atoms with E-state index in [4.69, 9.17) is 4.74 Å². The van der Waals surface area contributed by atoms with E-state index in [0.717, 1.165) is 19.3 Å². The normalized spacial score (nSPS) is 24.9. The van der Waals surface area contributed by atoms with Gasteiger partial charge in [-0.15, -0.1) is 0 Å². The molecule has 0 amide bonds. The molecule has 0 aromatic heterocycles. The zero-order valence-electron chi connectivity index (χ0n) is 9.58. The molecule has 0 spiro atoms. The summed E-state index contributed by atoms with van der Waals surface area (Å²) in [5, 5.41) is 3.25. The van der Waals surface area contributed by atoms with Crippen molar-refractivity contribution in [2.45, 2.75) is 38.0 Å². The van der Waals surface area contributed by atoms with Gasteiger partial charge in [0, 0.05) is 11.6 Å². The number of rotatable bonds is 4. The van der Waals surface area contributed by atoms with Crippen LogP contribution < -0.4 is 5.32 Å². The Morgan fingerprint density at radius 3 is 2.88 bits per heavy atom. The third kappa shape index (κ3) is 2.80. The Hall–Kier alpha value is -0.930. The van der Waals surface area contributed by atoms with Crippen molar-refractivity contribution >= 4 is 0 Å². The van der Waals surface area contributed by atoms with Gasteiger partial charge in [0.15, 0.2) is 0 Å². The van der Waals surface area contributed by atoms with Crippen molar-refractivity contribution < 1.29 is 9.13 Å². The van der Waals surface area contributed by atoms with Crippen molar-refractivity contribution in [1.82, 2.24) is 5.32 Å². The minimum atomic E-state index is -0.175. The molecule has 2 atom stereocenters. The SMILES string of the molecule is CNC1CCC(OCc2ccccc2F)C1. The monoisotopic (exact) mass is 223 g/mol. The highest BCUT2D eigenvalue weighted by Crippen LogP contribution is 2.23. The number of nitrogens with one attached hydrogen (secondary N) is 1. The Labute approximate surface area is 95.8 Å². The third-order valence-electron chi connectivity index (χ3n) is 3.23. The first-order valence-corrected chi connectivity index (χ1v) is 5.82. The Bertz CT molecular complexity index is 342. The summed E-state index contributed by atoms with van der Waals surface area (Å²) in [6.45, 7) is 0.383. The second-order valence-corrected chi connectivity index (χ2v) is 4.32. The summed E-state index contributed by atoms with van der Waals surface area (Å²) in [6.07, 6.45) is 3.53. The number of benzene rings is 1. The van der Waals surface area contributed by atoms with Gasteiger partial charge in [-0.25, -0.2) is 4.39 Å². The first-order valence-electron chi connectivity index (χ1n) is 5.82. The van der Waals surface area contributed by atoms with Gasteiger partial charge in [0.25, 0.3) is 0 Å². The highest BCUT2D eigenvalue weighted by atomic mass is 19.1. The topological polar surface area (TPSA) is 21.3 Å². The van der Waals surface area contributed by atoms with Crippen LogP contribution in [0, 0.1) is 5.82 Å². The predicted molar refractivity (Wildman–Crippen MR) is 61.7 cm³/mol. The smallest absolute Gasteiger partial charge is 0.128 e. The highest BCUT2D eigenvalue weighted by Gasteiger charge is 2.23. The number of hydrogen-bond acceptors (Lipinski definition) is 2. The summed E-state index contributed by atoms with van der Waals surface area (Å²) in [5.41, 5.74) is 0.649. The number of halogens is 1. The van der Waals surface area contributed by atoms with E-state index >= 15 is 0 Å². The van der Waals surface area contributed by atoms with Crippen LogP contribution in [0.25, 0.3) is 0 Å². The molecule has 3 heteroatoms.